The van der Waals surface area contributed by atoms with Crippen LogP contribution in [0.15, 0.2) is 18.2 Å². The molecule has 2 heterocycles. The first-order valence-corrected chi connectivity index (χ1v) is 6.98. The normalized spacial score (nSPS) is 21.1. The Bertz CT molecular complexity index is 588. The minimum absolute atomic E-state index is 0.0323. The molecule has 1 aromatic heterocycles. The van der Waals surface area contributed by atoms with E-state index < -0.39 is 6.10 Å². The number of imidazole rings is 1. The van der Waals surface area contributed by atoms with Gasteiger partial charge in [0.15, 0.2) is 0 Å². The number of aromatic nitrogens is 2. The number of aliphatic hydroxyl groups is 1. The first-order chi connectivity index (χ1) is 9.15. The number of hydrogen-bond acceptors (Lipinski definition) is 3. The molecule has 4 nitrogen and oxygen atoms in total. The Hall–Kier alpha value is -1.10. The van der Waals surface area contributed by atoms with E-state index in [-0.39, 0.29) is 6.10 Å². The predicted molar refractivity (Wildman–Crippen MR) is 74.4 cm³/mol. The largest absolute Gasteiger partial charge is 0.392 e. The van der Waals surface area contributed by atoms with Crippen molar-refractivity contribution < 1.29 is 9.84 Å². The molecule has 1 aliphatic heterocycles. The van der Waals surface area contributed by atoms with Crippen LogP contribution in [0.2, 0.25) is 5.02 Å². The molecule has 19 heavy (non-hydrogen) atoms. The van der Waals surface area contributed by atoms with Gasteiger partial charge in [-0.1, -0.05) is 11.6 Å². The fraction of sp³-hybridized carbons (Fsp3) is 0.500. The molecule has 2 atom stereocenters. The highest BCUT2D eigenvalue weighted by Gasteiger charge is 2.25. The van der Waals surface area contributed by atoms with Crippen molar-refractivity contribution in [1.82, 2.24) is 9.55 Å². The molecule has 1 aromatic carbocycles. The second-order valence-electron chi connectivity index (χ2n) is 5.06. The molecule has 0 amide bonds. The summed E-state index contributed by atoms with van der Waals surface area (Å²) in [7, 11) is 0. The quantitative estimate of drug-likeness (QED) is 0.940. The Morgan fingerprint density at radius 2 is 2.42 bits per heavy atom. The number of nitrogens with zero attached hydrogens (tertiary/aromatic N) is 2. The van der Waals surface area contributed by atoms with Gasteiger partial charge in [0.1, 0.15) is 11.9 Å². The molecule has 0 spiro atoms. The summed E-state index contributed by atoms with van der Waals surface area (Å²) in [6.07, 6.45) is 1.64. The standard InChI is InChI=1S/C14H17ClN2O2/c1-9(18)8-17-12-7-10(15)4-5-11(12)16-14(17)13-3-2-6-19-13/h4-5,7,9,13,18H,2-3,6,8H2,1H3. The molecule has 1 N–H and O–H groups in total. The van der Waals surface area contributed by atoms with E-state index in [0.717, 1.165) is 36.3 Å². The van der Waals surface area contributed by atoms with E-state index in [1.807, 2.05) is 22.8 Å². The summed E-state index contributed by atoms with van der Waals surface area (Å²) in [4.78, 5) is 4.66. The zero-order valence-electron chi connectivity index (χ0n) is 10.8. The molecule has 0 radical (unpaired) electrons. The summed E-state index contributed by atoms with van der Waals surface area (Å²) in [5.41, 5.74) is 1.86. The lowest BCUT2D eigenvalue weighted by molar-refractivity contribution is 0.0983. The third-order valence-electron chi connectivity index (χ3n) is 3.40. The minimum Gasteiger partial charge on any atom is -0.392 e. The van der Waals surface area contributed by atoms with Gasteiger partial charge in [0.05, 0.1) is 23.7 Å². The Labute approximate surface area is 117 Å². The van der Waals surface area contributed by atoms with Crippen LogP contribution >= 0.6 is 11.6 Å². The van der Waals surface area contributed by atoms with E-state index in [1.54, 1.807) is 6.92 Å². The average molecular weight is 281 g/mol. The van der Waals surface area contributed by atoms with E-state index in [9.17, 15) is 5.11 Å². The van der Waals surface area contributed by atoms with E-state index in [4.69, 9.17) is 16.3 Å². The van der Waals surface area contributed by atoms with Gasteiger partial charge in [0, 0.05) is 11.6 Å². The van der Waals surface area contributed by atoms with Crippen LogP contribution in [0.3, 0.4) is 0 Å². The molecular weight excluding hydrogens is 264 g/mol. The maximum atomic E-state index is 9.70. The maximum absolute atomic E-state index is 9.70. The number of benzene rings is 1. The molecule has 2 unspecified atom stereocenters. The molecule has 0 bridgehead atoms. The molecule has 0 saturated carbocycles. The minimum atomic E-state index is -0.434. The van der Waals surface area contributed by atoms with Crippen LogP contribution in [-0.4, -0.2) is 27.4 Å². The lowest BCUT2D eigenvalue weighted by atomic mass is 10.2. The number of hydrogen-bond donors (Lipinski definition) is 1. The van der Waals surface area contributed by atoms with Crippen LogP contribution in [0.4, 0.5) is 0 Å². The molecule has 2 aromatic rings. The van der Waals surface area contributed by atoms with E-state index in [2.05, 4.69) is 4.98 Å². The Kier molecular flexibility index (Phi) is 3.48. The zero-order chi connectivity index (χ0) is 13.4. The Morgan fingerprint density at radius 1 is 1.58 bits per heavy atom. The monoisotopic (exact) mass is 280 g/mol. The van der Waals surface area contributed by atoms with Crippen LogP contribution in [0.5, 0.6) is 0 Å². The van der Waals surface area contributed by atoms with Crippen molar-refractivity contribution in [2.45, 2.75) is 38.5 Å². The summed E-state index contributed by atoms with van der Waals surface area (Å²) in [6.45, 7) is 3.06. The van der Waals surface area contributed by atoms with Gasteiger partial charge < -0.3 is 14.4 Å². The highest BCUT2D eigenvalue weighted by atomic mass is 35.5. The number of fused-ring (bicyclic) bond motifs is 1. The lowest BCUT2D eigenvalue weighted by Crippen LogP contribution is -2.16. The van der Waals surface area contributed by atoms with Crippen molar-refractivity contribution in [2.24, 2.45) is 0 Å². The van der Waals surface area contributed by atoms with E-state index in [0.29, 0.717) is 11.6 Å². The summed E-state index contributed by atoms with van der Waals surface area (Å²) in [6, 6.07) is 5.64. The van der Waals surface area contributed by atoms with Gasteiger partial charge in [-0.05, 0) is 38.0 Å². The van der Waals surface area contributed by atoms with Gasteiger partial charge in [0.25, 0.3) is 0 Å². The third kappa shape index (κ3) is 2.48. The summed E-state index contributed by atoms with van der Waals surface area (Å²) >= 11 is 6.06. The van der Waals surface area contributed by atoms with Crippen molar-refractivity contribution in [3.05, 3.63) is 29.0 Å². The van der Waals surface area contributed by atoms with E-state index >= 15 is 0 Å². The lowest BCUT2D eigenvalue weighted by Gasteiger charge is -2.14. The number of halogens is 1. The molecule has 102 valence electrons. The smallest absolute Gasteiger partial charge is 0.139 e. The predicted octanol–water partition coefficient (Wildman–Crippen LogP) is 2.92. The number of rotatable bonds is 3. The van der Waals surface area contributed by atoms with Gasteiger partial charge in [-0.25, -0.2) is 4.98 Å². The summed E-state index contributed by atoms with van der Waals surface area (Å²) in [5.74, 6) is 0.899. The second kappa shape index (κ2) is 5.12. The van der Waals surface area contributed by atoms with Crippen molar-refractivity contribution in [1.29, 1.82) is 0 Å². The van der Waals surface area contributed by atoms with Crippen LogP contribution < -0.4 is 0 Å². The zero-order valence-corrected chi connectivity index (χ0v) is 11.6. The fourth-order valence-electron chi connectivity index (χ4n) is 2.60. The molecule has 5 heteroatoms. The van der Waals surface area contributed by atoms with Crippen LogP contribution in [0.25, 0.3) is 11.0 Å². The Balaban J connectivity index is 2.13. The molecule has 1 saturated heterocycles. The van der Waals surface area contributed by atoms with Crippen molar-refractivity contribution in [2.75, 3.05) is 6.61 Å². The molecule has 3 rings (SSSR count). The first kappa shape index (κ1) is 12.9. The molecular formula is C14H17ClN2O2. The van der Waals surface area contributed by atoms with Crippen molar-refractivity contribution >= 4 is 22.6 Å². The highest BCUT2D eigenvalue weighted by Crippen LogP contribution is 2.31. The highest BCUT2D eigenvalue weighted by molar-refractivity contribution is 6.31. The van der Waals surface area contributed by atoms with Crippen molar-refractivity contribution in [3.8, 4) is 0 Å². The Morgan fingerprint density at radius 3 is 3.11 bits per heavy atom. The molecule has 1 fully saturated rings. The third-order valence-corrected chi connectivity index (χ3v) is 3.64. The fourth-order valence-corrected chi connectivity index (χ4v) is 2.76. The van der Waals surface area contributed by atoms with Crippen LogP contribution in [0, 0.1) is 0 Å². The molecule has 0 aliphatic carbocycles. The van der Waals surface area contributed by atoms with Gasteiger partial charge in [-0.2, -0.15) is 0 Å². The van der Waals surface area contributed by atoms with Gasteiger partial charge in [-0.3, -0.25) is 0 Å². The van der Waals surface area contributed by atoms with Gasteiger partial charge in [-0.15, -0.1) is 0 Å². The SMILES string of the molecule is CC(O)Cn1c(C2CCCO2)nc2ccc(Cl)cc21. The second-order valence-corrected chi connectivity index (χ2v) is 5.50. The van der Waals surface area contributed by atoms with Crippen LogP contribution in [-0.2, 0) is 11.3 Å². The van der Waals surface area contributed by atoms with Crippen LogP contribution in [0.1, 0.15) is 31.7 Å². The maximum Gasteiger partial charge on any atom is 0.139 e. The van der Waals surface area contributed by atoms with E-state index in [1.165, 1.54) is 0 Å². The topological polar surface area (TPSA) is 47.3 Å². The number of ether oxygens (including phenoxy) is 1. The van der Waals surface area contributed by atoms with Crippen molar-refractivity contribution in [3.63, 3.8) is 0 Å². The van der Waals surface area contributed by atoms with Gasteiger partial charge in [0.2, 0.25) is 0 Å². The number of aliphatic hydroxyl groups excluding tert-OH is 1. The van der Waals surface area contributed by atoms with Gasteiger partial charge >= 0.3 is 0 Å². The molecule has 1 aliphatic rings. The first-order valence-electron chi connectivity index (χ1n) is 6.60. The summed E-state index contributed by atoms with van der Waals surface area (Å²) in [5, 5.41) is 10.4. The average Bonchev–Trinajstić information content (AvgIpc) is 2.97. The summed E-state index contributed by atoms with van der Waals surface area (Å²) < 4.78 is 7.75.